The molecular formula is C25H33N3O4S. The molecule has 2 aliphatic heterocycles. The number of nitrogens with zero attached hydrogens (tertiary/aromatic N) is 2. The number of amides is 1. The number of ether oxygens (including phenoxy) is 2. The highest BCUT2D eigenvalue weighted by atomic mass is 32.2. The summed E-state index contributed by atoms with van der Waals surface area (Å²) in [5, 5.41) is 5.63. The minimum Gasteiger partial charge on any atom is -0.496 e. The van der Waals surface area contributed by atoms with Gasteiger partial charge in [-0.2, -0.15) is 0 Å². The number of carbonyl (C=O) groups is 2. The molecule has 0 unspecified atom stereocenters. The molecule has 178 valence electrons. The molecule has 0 radical (unpaired) electrons. The van der Waals surface area contributed by atoms with Crippen LogP contribution < -0.4 is 10.1 Å². The van der Waals surface area contributed by atoms with Gasteiger partial charge in [0, 0.05) is 17.8 Å². The van der Waals surface area contributed by atoms with E-state index >= 15 is 0 Å². The fraction of sp³-hybridized carbons (Fsp3) is 0.480. The smallest absolute Gasteiger partial charge is 0.338 e. The topological polar surface area (TPSA) is 80.2 Å². The molecule has 7 nitrogen and oxygen atoms in total. The average Bonchev–Trinajstić information content (AvgIpc) is 3.11. The number of aliphatic imine (C=N–C) groups is 1. The minimum atomic E-state index is -0.658. The standard InChI is InChI=1S/C25H33N3O4S/c1-15(2)13-26-20(29)12-17-14-33-24-27-16(3)21(23(30)32-25(4,5)6)22(28(17)24)18-10-8-9-11-19(18)31-7/h8-11,14-15,22H,12-13H2,1-7H3,(H,26,29)/t22-/m0/s1. The lowest BCUT2D eigenvalue weighted by Crippen LogP contribution is -2.39. The SMILES string of the molecule is COc1ccccc1[C@H]1C(C(=O)OC(C)(C)C)=C(C)N=C2SC=C(CC(=O)NCC(C)C)N21. The number of amidine groups is 1. The van der Waals surface area contributed by atoms with Gasteiger partial charge in [0.2, 0.25) is 5.91 Å². The quantitative estimate of drug-likeness (QED) is 0.577. The molecule has 33 heavy (non-hydrogen) atoms. The number of nitrogens with one attached hydrogen (secondary N) is 1. The summed E-state index contributed by atoms with van der Waals surface area (Å²) in [6.07, 6.45) is 0.186. The van der Waals surface area contributed by atoms with E-state index in [2.05, 4.69) is 19.2 Å². The lowest BCUT2D eigenvalue weighted by atomic mass is 9.93. The number of benzene rings is 1. The highest BCUT2D eigenvalue weighted by molar-refractivity contribution is 8.16. The number of para-hydroxylation sites is 1. The molecule has 1 N–H and O–H groups in total. The molecule has 3 rings (SSSR count). The third-order valence-electron chi connectivity index (χ3n) is 5.10. The van der Waals surface area contributed by atoms with Crippen molar-refractivity contribution in [2.75, 3.05) is 13.7 Å². The second-order valence-corrected chi connectivity index (χ2v) is 10.3. The third-order valence-corrected chi connectivity index (χ3v) is 5.99. The van der Waals surface area contributed by atoms with E-state index in [0.29, 0.717) is 29.5 Å². The Morgan fingerprint density at radius 3 is 2.58 bits per heavy atom. The molecule has 1 atom stereocenters. The van der Waals surface area contributed by atoms with Crippen LogP contribution in [0.2, 0.25) is 0 Å². The van der Waals surface area contributed by atoms with Crippen molar-refractivity contribution in [3.63, 3.8) is 0 Å². The summed E-state index contributed by atoms with van der Waals surface area (Å²) in [4.78, 5) is 32.7. The summed E-state index contributed by atoms with van der Waals surface area (Å²) >= 11 is 1.45. The summed E-state index contributed by atoms with van der Waals surface area (Å²) in [7, 11) is 1.61. The number of fused-ring (bicyclic) bond motifs is 1. The van der Waals surface area contributed by atoms with Crippen LogP contribution in [0.4, 0.5) is 0 Å². The number of rotatable bonds is 7. The molecule has 0 bridgehead atoms. The number of methoxy groups -OCH3 is 1. The van der Waals surface area contributed by atoms with E-state index in [4.69, 9.17) is 14.5 Å². The van der Waals surface area contributed by atoms with Crippen LogP contribution in [0.1, 0.15) is 59.6 Å². The second-order valence-electron chi connectivity index (χ2n) is 9.51. The monoisotopic (exact) mass is 471 g/mol. The molecule has 1 aromatic carbocycles. The van der Waals surface area contributed by atoms with Crippen molar-refractivity contribution >= 4 is 28.8 Å². The van der Waals surface area contributed by atoms with Crippen molar-refractivity contribution in [3.8, 4) is 5.75 Å². The molecule has 8 heteroatoms. The normalized spacial score (nSPS) is 18.1. The van der Waals surface area contributed by atoms with Gasteiger partial charge >= 0.3 is 5.97 Å². The molecule has 0 saturated heterocycles. The van der Waals surface area contributed by atoms with E-state index in [1.807, 2.05) is 62.3 Å². The highest BCUT2D eigenvalue weighted by Gasteiger charge is 2.42. The maximum atomic E-state index is 13.4. The zero-order chi connectivity index (χ0) is 24.3. The zero-order valence-electron chi connectivity index (χ0n) is 20.4. The van der Waals surface area contributed by atoms with Crippen LogP contribution in [-0.4, -0.2) is 41.2 Å². The van der Waals surface area contributed by atoms with E-state index in [1.54, 1.807) is 7.11 Å². The highest BCUT2D eigenvalue weighted by Crippen LogP contribution is 2.47. The number of esters is 1. The molecule has 2 aliphatic rings. The molecule has 0 aliphatic carbocycles. The summed E-state index contributed by atoms with van der Waals surface area (Å²) in [6.45, 7) is 12.1. The van der Waals surface area contributed by atoms with Crippen LogP contribution in [0, 0.1) is 5.92 Å². The van der Waals surface area contributed by atoms with Gasteiger partial charge in [-0.15, -0.1) is 0 Å². The Morgan fingerprint density at radius 2 is 1.94 bits per heavy atom. The van der Waals surface area contributed by atoms with Crippen LogP contribution in [0.15, 0.2) is 51.6 Å². The van der Waals surface area contributed by atoms with E-state index in [0.717, 1.165) is 16.4 Å². The Labute approximate surface area is 200 Å². The lowest BCUT2D eigenvalue weighted by Gasteiger charge is -2.37. The van der Waals surface area contributed by atoms with Crippen molar-refractivity contribution in [1.29, 1.82) is 0 Å². The molecule has 0 saturated carbocycles. The van der Waals surface area contributed by atoms with Crippen molar-refractivity contribution in [3.05, 3.63) is 52.2 Å². The van der Waals surface area contributed by atoms with Gasteiger partial charge < -0.3 is 19.7 Å². The lowest BCUT2D eigenvalue weighted by molar-refractivity contribution is -0.150. The number of carbonyl (C=O) groups excluding carboxylic acids is 2. The molecule has 1 amide bonds. The molecule has 0 aromatic heterocycles. The van der Waals surface area contributed by atoms with Gasteiger partial charge in [-0.1, -0.05) is 43.8 Å². The third kappa shape index (κ3) is 5.79. The summed E-state index contributed by atoms with van der Waals surface area (Å²) < 4.78 is 11.4. The van der Waals surface area contributed by atoms with Crippen LogP contribution in [0.3, 0.4) is 0 Å². The number of thioether (sulfide) groups is 1. The van der Waals surface area contributed by atoms with Crippen molar-refractivity contribution in [2.24, 2.45) is 10.9 Å². The number of hydrogen-bond acceptors (Lipinski definition) is 7. The molecule has 1 aromatic rings. The van der Waals surface area contributed by atoms with Crippen LogP contribution >= 0.6 is 11.8 Å². The average molecular weight is 472 g/mol. The predicted octanol–water partition coefficient (Wildman–Crippen LogP) is 4.77. The van der Waals surface area contributed by atoms with Crippen LogP contribution in [0.25, 0.3) is 0 Å². The maximum absolute atomic E-state index is 13.4. The van der Waals surface area contributed by atoms with Gasteiger partial charge in [0.1, 0.15) is 11.4 Å². The van der Waals surface area contributed by atoms with Crippen LogP contribution in [0.5, 0.6) is 5.75 Å². The van der Waals surface area contributed by atoms with Gasteiger partial charge in [-0.25, -0.2) is 9.79 Å². The first-order valence-corrected chi connectivity index (χ1v) is 12.0. The van der Waals surface area contributed by atoms with E-state index in [1.165, 1.54) is 11.8 Å². The van der Waals surface area contributed by atoms with Crippen LogP contribution in [-0.2, 0) is 14.3 Å². The van der Waals surface area contributed by atoms with Gasteiger partial charge in [0.25, 0.3) is 0 Å². The molecular weight excluding hydrogens is 438 g/mol. The Balaban J connectivity index is 2.05. The van der Waals surface area contributed by atoms with Crippen molar-refractivity contribution in [1.82, 2.24) is 10.2 Å². The Bertz CT molecular complexity index is 1020. The second kappa shape index (κ2) is 10.0. The maximum Gasteiger partial charge on any atom is 0.338 e. The largest absolute Gasteiger partial charge is 0.496 e. The molecule has 0 spiro atoms. The first-order chi connectivity index (χ1) is 15.5. The Hall–Kier alpha value is -2.74. The summed E-state index contributed by atoms with van der Waals surface area (Å²) in [5.41, 5.74) is 1.97. The predicted molar refractivity (Wildman–Crippen MR) is 132 cm³/mol. The first kappa shape index (κ1) is 24.9. The number of hydrogen-bond donors (Lipinski definition) is 1. The number of allylic oxidation sites excluding steroid dienone is 1. The van der Waals surface area contributed by atoms with E-state index in [-0.39, 0.29) is 12.3 Å². The Kier molecular flexibility index (Phi) is 7.57. The summed E-state index contributed by atoms with van der Waals surface area (Å²) in [6, 6.07) is 7.07. The Morgan fingerprint density at radius 1 is 1.24 bits per heavy atom. The summed E-state index contributed by atoms with van der Waals surface area (Å²) in [5.74, 6) is 0.511. The van der Waals surface area contributed by atoms with Gasteiger partial charge in [-0.05, 0) is 45.1 Å². The van der Waals surface area contributed by atoms with Gasteiger partial charge in [0.05, 0.1) is 30.8 Å². The van der Waals surface area contributed by atoms with Crippen molar-refractivity contribution < 1.29 is 19.1 Å². The fourth-order valence-electron chi connectivity index (χ4n) is 3.70. The molecule has 2 heterocycles. The minimum absolute atomic E-state index is 0.0688. The van der Waals surface area contributed by atoms with E-state index in [9.17, 15) is 9.59 Å². The fourth-order valence-corrected chi connectivity index (χ4v) is 4.66. The molecule has 0 fully saturated rings. The van der Waals surface area contributed by atoms with Gasteiger partial charge in [0.15, 0.2) is 5.17 Å². The van der Waals surface area contributed by atoms with Gasteiger partial charge in [-0.3, -0.25) is 4.79 Å². The van der Waals surface area contributed by atoms with Crippen molar-refractivity contribution in [2.45, 2.75) is 59.6 Å². The zero-order valence-corrected chi connectivity index (χ0v) is 21.2. The first-order valence-electron chi connectivity index (χ1n) is 11.1. The van der Waals surface area contributed by atoms with E-state index < -0.39 is 17.6 Å².